The minimum atomic E-state index is -1.02. The first-order valence-electron chi connectivity index (χ1n) is 7.38. The summed E-state index contributed by atoms with van der Waals surface area (Å²) >= 11 is 0. The molecule has 2 heterocycles. The zero-order chi connectivity index (χ0) is 16.1. The Morgan fingerprint density at radius 3 is 2.78 bits per heavy atom. The molecule has 0 saturated carbocycles. The maximum absolute atomic E-state index is 11.6. The molecule has 120 valence electrons. The summed E-state index contributed by atoms with van der Waals surface area (Å²) in [5.41, 5.74) is 1.70. The Labute approximate surface area is 136 Å². The zero-order valence-electron chi connectivity index (χ0n) is 12.5. The molecular formula is C16H18N4O2S. The van der Waals surface area contributed by atoms with Crippen molar-refractivity contribution in [1.29, 1.82) is 0 Å². The fraction of sp³-hybridized carbons (Fsp3) is 0.250. The van der Waals surface area contributed by atoms with Gasteiger partial charge in [-0.1, -0.05) is 12.1 Å². The molecule has 3 rings (SSSR count). The van der Waals surface area contributed by atoms with Gasteiger partial charge in [-0.3, -0.25) is 4.21 Å². The van der Waals surface area contributed by atoms with Crippen LogP contribution in [0.3, 0.4) is 0 Å². The maximum atomic E-state index is 11.6. The smallest absolute Gasteiger partial charge is 0.178 e. The number of H-pyrrole nitrogens is 1. The second kappa shape index (κ2) is 7.34. The molecule has 0 radical (unpaired) electrons. The fourth-order valence-electron chi connectivity index (χ4n) is 2.29. The Morgan fingerprint density at radius 2 is 2.00 bits per heavy atom. The van der Waals surface area contributed by atoms with Crippen molar-refractivity contribution in [1.82, 2.24) is 15.0 Å². The Hall–Kier alpha value is -2.25. The van der Waals surface area contributed by atoms with Crippen molar-refractivity contribution < 1.29 is 9.32 Å². The van der Waals surface area contributed by atoms with Crippen molar-refractivity contribution in [2.45, 2.75) is 0 Å². The van der Waals surface area contributed by atoms with Gasteiger partial charge in [0.2, 0.25) is 0 Å². The first kappa shape index (κ1) is 15.6. The molecule has 1 aromatic carbocycles. The van der Waals surface area contributed by atoms with Crippen LogP contribution in [0.15, 0.2) is 42.6 Å². The molecule has 7 heteroatoms. The monoisotopic (exact) mass is 330 g/mol. The number of anilines is 1. The summed E-state index contributed by atoms with van der Waals surface area (Å²) in [7, 11) is -1.02. The molecule has 0 fully saturated rings. The Balaban J connectivity index is 1.87. The molecule has 0 amide bonds. The molecule has 2 aromatic heterocycles. The molecular weight excluding hydrogens is 312 g/mol. The molecule has 0 aliphatic rings. The first-order chi connectivity index (χ1) is 11.3. The Bertz CT molecular complexity index is 805. The molecule has 23 heavy (non-hydrogen) atoms. The standard InChI is InChI=1S/C16H18N4O2S/c21-9-11-23(22)10-8-18-15-12-4-1-2-5-13(12)19-16(20-15)14-6-3-7-17-14/h1-7,17,21H,8-11H2,(H,18,19,20). The largest absolute Gasteiger partial charge is 0.395 e. The highest BCUT2D eigenvalue weighted by atomic mass is 32.2. The predicted octanol–water partition coefficient (Wildman–Crippen LogP) is 1.78. The lowest BCUT2D eigenvalue weighted by Gasteiger charge is -2.10. The van der Waals surface area contributed by atoms with Gasteiger partial charge in [0.15, 0.2) is 5.82 Å². The molecule has 0 aliphatic carbocycles. The van der Waals surface area contributed by atoms with Gasteiger partial charge in [0.25, 0.3) is 0 Å². The third-order valence-electron chi connectivity index (χ3n) is 3.38. The number of fused-ring (bicyclic) bond motifs is 1. The van der Waals surface area contributed by atoms with Crippen LogP contribution in [0.1, 0.15) is 0 Å². The van der Waals surface area contributed by atoms with Crippen molar-refractivity contribution in [3.8, 4) is 11.5 Å². The Kier molecular flexibility index (Phi) is 4.99. The number of rotatable bonds is 7. The van der Waals surface area contributed by atoms with E-state index in [1.54, 1.807) is 0 Å². The summed E-state index contributed by atoms with van der Waals surface area (Å²) in [5, 5.41) is 13.0. The fourth-order valence-corrected chi connectivity index (χ4v) is 3.03. The zero-order valence-corrected chi connectivity index (χ0v) is 13.3. The second-order valence-corrected chi connectivity index (χ2v) is 6.69. The van der Waals surface area contributed by atoms with Gasteiger partial charge in [0.05, 0.1) is 17.8 Å². The van der Waals surface area contributed by atoms with Gasteiger partial charge in [0.1, 0.15) is 5.82 Å². The van der Waals surface area contributed by atoms with Gasteiger partial charge >= 0.3 is 0 Å². The summed E-state index contributed by atoms with van der Waals surface area (Å²) in [6.45, 7) is 0.470. The minimum absolute atomic E-state index is 0.0555. The topological polar surface area (TPSA) is 90.9 Å². The summed E-state index contributed by atoms with van der Waals surface area (Å²) in [6.07, 6.45) is 1.83. The van der Waals surface area contributed by atoms with E-state index in [9.17, 15) is 4.21 Å². The number of aliphatic hydroxyl groups excluding tert-OH is 1. The van der Waals surface area contributed by atoms with Crippen LogP contribution >= 0.6 is 0 Å². The summed E-state index contributed by atoms with van der Waals surface area (Å²) in [6, 6.07) is 11.6. The lowest BCUT2D eigenvalue weighted by atomic mass is 10.2. The number of hydrogen-bond acceptors (Lipinski definition) is 5. The highest BCUT2D eigenvalue weighted by Crippen LogP contribution is 2.23. The van der Waals surface area contributed by atoms with Crippen LogP contribution in [0.4, 0.5) is 5.82 Å². The highest BCUT2D eigenvalue weighted by Gasteiger charge is 2.09. The van der Waals surface area contributed by atoms with E-state index in [1.165, 1.54) is 0 Å². The number of nitrogens with one attached hydrogen (secondary N) is 2. The van der Waals surface area contributed by atoms with E-state index in [-0.39, 0.29) is 6.61 Å². The van der Waals surface area contributed by atoms with E-state index in [1.807, 2.05) is 42.6 Å². The number of benzene rings is 1. The van der Waals surface area contributed by atoms with Crippen LogP contribution in [0.25, 0.3) is 22.4 Å². The molecule has 0 aliphatic heterocycles. The van der Waals surface area contributed by atoms with E-state index in [0.29, 0.717) is 23.9 Å². The number of aromatic amines is 1. The summed E-state index contributed by atoms with van der Waals surface area (Å²) < 4.78 is 11.6. The van der Waals surface area contributed by atoms with Crippen molar-refractivity contribution in [3.63, 3.8) is 0 Å². The van der Waals surface area contributed by atoms with Crippen LogP contribution in [0.5, 0.6) is 0 Å². The number of aliphatic hydroxyl groups is 1. The molecule has 0 bridgehead atoms. The van der Waals surface area contributed by atoms with Gasteiger partial charge in [-0.05, 0) is 24.3 Å². The molecule has 1 unspecified atom stereocenters. The van der Waals surface area contributed by atoms with E-state index >= 15 is 0 Å². The number of aromatic nitrogens is 3. The maximum Gasteiger partial charge on any atom is 0.178 e. The van der Waals surface area contributed by atoms with Gasteiger partial charge in [-0.15, -0.1) is 0 Å². The predicted molar refractivity (Wildman–Crippen MR) is 92.8 cm³/mol. The Morgan fingerprint density at radius 1 is 1.13 bits per heavy atom. The third kappa shape index (κ3) is 3.75. The van der Waals surface area contributed by atoms with Crippen LogP contribution < -0.4 is 5.32 Å². The molecule has 3 N–H and O–H groups in total. The third-order valence-corrected chi connectivity index (χ3v) is 4.68. The number of nitrogens with zero attached hydrogens (tertiary/aromatic N) is 2. The number of hydrogen-bond donors (Lipinski definition) is 3. The lowest BCUT2D eigenvalue weighted by Crippen LogP contribution is -2.15. The van der Waals surface area contributed by atoms with E-state index in [0.717, 1.165) is 22.4 Å². The van der Waals surface area contributed by atoms with Crippen molar-refractivity contribution in [2.24, 2.45) is 0 Å². The quantitative estimate of drug-likeness (QED) is 0.614. The SMILES string of the molecule is O=S(CCO)CCNc1nc(-c2ccc[nH]2)nc2ccccc12. The van der Waals surface area contributed by atoms with Crippen molar-refractivity contribution in [2.75, 3.05) is 30.0 Å². The van der Waals surface area contributed by atoms with Crippen LogP contribution in [-0.2, 0) is 10.8 Å². The molecule has 3 aromatic rings. The van der Waals surface area contributed by atoms with Crippen molar-refractivity contribution >= 4 is 27.5 Å². The summed E-state index contributed by atoms with van der Waals surface area (Å²) in [4.78, 5) is 12.3. The highest BCUT2D eigenvalue weighted by molar-refractivity contribution is 7.85. The molecule has 0 saturated heterocycles. The summed E-state index contributed by atoms with van der Waals surface area (Å²) in [5.74, 6) is 2.12. The molecule has 6 nitrogen and oxygen atoms in total. The normalized spacial score (nSPS) is 12.4. The average molecular weight is 330 g/mol. The van der Waals surface area contributed by atoms with Gasteiger partial charge in [0, 0.05) is 40.4 Å². The van der Waals surface area contributed by atoms with E-state index in [2.05, 4.69) is 20.3 Å². The van der Waals surface area contributed by atoms with Crippen molar-refractivity contribution in [3.05, 3.63) is 42.6 Å². The molecule has 1 atom stereocenters. The number of para-hydroxylation sites is 1. The second-order valence-electron chi connectivity index (χ2n) is 5.00. The van der Waals surface area contributed by atoms with Gasteiger partial charge < -0.3 is 15.4 Å². The van der Waals surface area contributed by atoms with Crippen LogP contribution in [-0.4, -0.2) is 48.9 Å². The molecule has 0 spiro atoms. The van der Waals surface area contributed by atoms with Gasteiger partial charge in [-0.2, -0.15) is 0 Å². The van der Waals surface area contributed by atoms with E-state index < -0.39 is 10.8 Å². The first-order valence-corrected chi connectivity index (χ1v) is 8.87. The van der Waals surface area contributed by atoms with Gasteiger partial charge in [-0.25, -0.2) is 9.97 Å². The van der Waals surface area contributed by atoms with Crippen LogP contribution in [0, 0.1) is 0 Å². The minimum Gasteiger partial charge on any atom is -0.395 e. The van der Waals surface area contributed by atoms with E-state index in [4.69, 9.17) is 5.11 Å². The lowest BCUT2D eigenvalue weighted by molar-refractivity contribution is 0.321. The van der Waals surface area contributed by atoms with Crippen LogP contribution in [0.2, 0.25) is 0 Å². The average Bonchev–Trinajstić information content (AvgIpc) is 3.09.